The fourth-order valence-corrected chi connectivity index (χ4v) is 1.89. The van der Waals surface area contributed by atoms with Gasteiger partial charge in [-0.15, -0.1) is 5.06 Å². The van der Waals surface area contributed by atoms with E-state index in [1.807, 2.05) is 0 Å². The number of hydrogen-bond donors (Lipinski definition) is 1. The molecule has 1 N–H and O–H groups in total. The standard InChI is InChI=1S/C14H14FN3O7/c1-8-2-3-10(19)18(8)25-12(21)5-4-11(20)24-7-17-6-9(15)13(22)16-14(17)23/h6H,1-5,7H2,(H,16,22,23). The lowest BCUT2D eigenvalue weighted by atomic mass is 10.3. The molecule has 2 rings (SSSR count). The minimum absolute atomic E-state index is 0.193. The van der Waals surface area contributed by atoms with E-state index in [4.69, 9.17) is 9.57 Å². The zero-order chi connectivity index (χ0) is 18.6. The third-order valence-corrected chi connectivity index (χ3v) is 3.20. The van der Waals surface area contributed by atoms with Crippen molar-refractivity contribution >= 4 is 17.8 Å². The van der Waals surface area contributed by atoms with Crippen LogP contribution in [0.2, 0.25) is 0 Å². The van der Waals surface area contributed by atoms with Crippen molar-refractivity contribution in [1.29, 1.82) is 0 Å². The number of carbonyl (C=O) groups is 3. The Labute approximate surface area is 139 Å². The van der Waals surface area contributed by atoms with E-state index in [1.54, 1.807) is 4.98 Å². The average Bonchev–Trinajstić information content (AvgIpc) is 2.87. The number of amides is 1. The van der Waals surface area contributed by atoms with Crippen LogP contribution in [-0.2, 0) is 30.7 Å². The third-order valence-electron chi connectivity index (χ3n) is 3.20. The smallest absolute Gasteiger partial charge is 0.333 e. The van der Waals surface area contributed by atoms with E-state index in [9.17, 15) is 28.4 Å². The number of allylic oxidation sites excluding steroid dienone is 1. The summed E-state index contributed by atoms with van der Waals surface area (Å²) in [7, 11) is 0. The second-order valence-corrected chi connectivity index (χ2v) is 5.07. The Bertz CT molecular complexity index is 826. The highest BCUT2D eigenvalue weighted by atomic mass is 19.1. The third kappa shape index (κ3) is 4.62. The predicted octanol–water partition coefficient (Wildman–Crippen LogP) is -0.449. The summed E-state index contributed by atoms with van der Waals surface area (Å²) in [5.41, 5.74) is -1.79. The van der Waals surface area contributed by atoms with Crippen LogP contribution in [0.5, 0.6) is 0 Å². The van der Waals surface area contributed by atoms with E-state index in [0.29, 0.717) is 22.9 Å². The number of hydroxylamine groups is 2. The maximum absolute atomic E-state index is 13.1. The molecule has 134 valence electrons. The molecule has 11 heteroatoms. The van der Waals surface area contributed by atoms with Crippen molar-refractivity contribution < 1.29 is 28.3 Å². The van der Waals surface area contributed by atoms with Gasteiger partial charge < -0.3 is 9.57 Å². The Morgan fingerprint density at radius 1 is 1.20 bits per heavy atom. The molecule has 0 unspecified atom stereocenters. The fraction of sp³-hybridized carbons (Fsp3) is 0.357. The van der Waals surface area contributed by atoms with Crippen molar-refractivity contribution in [1.82, 2.24) is 14.6 Å². The summed E-state index contributed by atoms with van der Waals surface area (Å²) in [6.45, 7) is 2.93. The van der Waals surface area contributed by atoms with E-state index in [1.165, 1.54) is 0 Å². The summed E-state index contributed by atoms with van der Waals surface area (Å²) in [6, 6.07) is 0. The Kier molecular flexibility index (Phi) is 5.47. The Balaban J connectivity index is 1.79. The summed E-state index contributed by atoms with van der Waals surface area (Å²) >= 11 is 0. The molecular weight excluding hydrogens is 341 g/mol. The minimum atomic E-state index is -1.21. The number of rotatable bonds is 6. The fourth-order valence-electron chi connectivity index (χ4n) is 1.89. The summed E-state index contributed by atoms with van der Waals surface area (Å²) in [5, 5.41) is 0.788. The highest BCUT2D eigenvalue weighted by Gasteiger charge is 2.28. The van der Waals surface area contributed by atoms with Crippen LogP contribution in [0, 0.1) is 5.82 Å². The van der Waals surface area contributed by atoms with Crippen molar-refractivity contribution in [3.8, 4) is 0 Å². The Morgan fingerprint density at radius 3 is 2.52 bits per heavy atom. The normalized spacial score (nSPS) is 13.9. The maximum atomic E-state index is 13.1. The largest absolute Gasteiger partial charge is 0.444 e. The number of ether oxygens (including phenoxy) is 1. The van der Waals surface area contributed by atoms with Crippen LogP contribution in [-0.4, -0.2) is 32.5 Å². The molecule has 0 saturated carbocycles. The van der Waals surface area contributed by atoms with Gasteiger partial charge in [-0.2, -0.15) is 4.39 Å². The van der Waals surface area contributed by atoms with Gasteiger partial charge in [-0.1, -0.05) is 6.58 Å². The van der Waals surface area contributed by atoms with Crippen LogP contribution in [0.1, 0.15) is 25.7 Å². The maximum Gasteiger partial charge on any atom is 0.333 e. The van der Waals surface area contributed by atoms with E-state index in [0.717, 1.165) is 5.06 Å². The predicted molar refractivity (Wildman–Crippen MR) is 77.9 cm³/mol. The molecule has 10 nitrogen and oxygen atoms in total. The number of hydrogen-bond acceptors (Lipinski definition) is 7. The molecule has 0 radical (unpaired) electrons. The first-order chi connectivity index (χ1) is 11.8. The van der Waals surface area contributed by atoms with Gasteiger partial charge in [0.15, 0.2) is 6.73 Å². The molecule has 1 aromatic rings. The minimum Gasteiger partial charge on any atom is -0.444 e. The van der Waals surface area contributed by atoms with Crippen molar-refractivity contribution in [2.75, 3.05) is 0 Å². The Hall–Kier alpha value is -3.24. The molecular formula is C14H14FN3O7. The van der Waals surface area contributed by atoms with Gasteiger partial charge in [0.05, 0.1) is 24.7 Å². The highest BCUT2D eigenvalue weighted by Crippen LogP contribution is 2.21. The zero-order valence-electron chi connectivity index (χ0n) is 13.0. The van der Waals surface area contributed by atoms with E-state index in [2.05, 4.69) is 6.58 Å². The molecule has 25 heavy (non-hydrogen) atoms. The van der Waals surface area contributed by atoms with Crippen LogP contribution in [0.25, 0.3) is 0 Å². The molecule has 1 amide bonds. The topological polar surface area (TPSA) is 128 Å². The first-order valence-corrected chi connectivity index (χ1v) is 7.14. The highest BCUT2D eigenvalue weighted by molar-refractivity contribution is 5.83. The van der Waals surface area contributed by atoms with Gasteiger partial charge in [-0.05, 0) is 6.42 Å². The number of halogens is 1. The van der Waals surface area contributed by atoms with Crippen LogP contribution < -0.4 is 11.2 Å². The van der Waals surface area contributed by atoms with E-state index in [-0.39, 0.29) is 19.3 Å². The molecule has 1 saturated heterocycles. The van der Waals surface area contributed by atoms with Crippen molar-refractivity contribution in [2.24, 2.45) is 0 Å². The van der Waals surface area contributed by atoms with E-state index < -0.39 is 41.6 Å². The number of nitrogens with zero attached hydrogens (tertiary/aromatic N) is 2. The molecule has 1 aromatic heterocycles. The van der Waals surface area contributed by atoms with Crippen molar-refractivity contribution in [2.45, 2.75) is 32.4 Å². The van der Waals surface area contributed by atoms with Gasteiger partial charge in [0.25, 0.3) is 11.5 Å². The number of H-pyrrole nitrogens is 1. The number of esters is 1. The van der Waals surface area contributed by atoms with Gasteiger partial charge in [0.1, 0.15) is 0 Å². The molecule has 0 aromatic carbocycles. The lowest BCUT2D eigenvalue weighted by Gasteiger charge is -2.15. The molecule has 0 bridgehead atoms. The number of aromatic amines is 1. The Morgan fingerprint density at radius 2 is 1.88 bits per heavy atom. The average molecular weight is 355 g/mol. The lowest BCUT2D eigenvalue weighted by Crippen LogP contribution is -2.32. The van der Waals surface area contributed by atoms with Gasteiger partial charge in [-0.25, -0.2) is 9.59 Å². The summed E-state index contributed by atoms with van der Waals surface area (Å²) in [6.07, 6.45) is 0.420. The van der Waals surface area contributed by atoms with Crippen molar-refractivity contribution in [3.63, 3.8) is 0 Å². The SMILES string of the molecule is C=C1CCC(=O)N1OC(=O)CCC(=O)OCn1cc(F)c(=O)[nH]c1=O. The van der Waals surface area contributed by atoms with Crippen LogP contribution in [0.3, 0.4) is 0 Å². The van der Waals surface area contributed by atoms with Gasteiger partial charge in [-0.3, -0.25) is 23.9 Å². The quantitative estimate of drug-likeness (QED) is 0.685. The second kappa shape index (κ2) is 7.55. The first-order valence-electron chi connectivity index (χ1n) is 7.14. The monoisotopic (exact) mass is 355 g/mol. The molecule has 1 aliphatic heterocycles. The van der Waals surface area contributed by atoms with Crippen LogP contribution >= 0.6 is 0 Å². The van der Waals surface area contributed by atoms with Crippen molar-refractivity contribution in [3.05, 3.63) is 45.1 Å². The molecule has 2 heterocycles. The lowest BCUT2D eigenvalue weighted by molar-refractivity contribution is -0.187. The molecule has 1 fully saturated rings. The molecule has 0 atom stereocenters. The summed E-state index contributed by atoms with van der Waals surface area (Å²) in [4.78, 5) is 63.2. The number of carbonyl (C=O) groups excluding carboxylic acids is 3. The number of aromatic nitrogens is 2. The first kappa shape index (κ1) is 18.1. The number of nitrogens with one attached hydrogen (secondary N) is 1. The molecule has 0 spiro atoms. The summed E-state index contributed by atoms with van der Waals surface area (Å²) < 4.78 is 18.4. The van der Waals surface area contributed by atoms with Crippen LogP contribution in [0.15, 0.2) is 28.1 Å². The second-order valence-electron chi connectivity index (χ2n) is 5.07. The van der Waals surface area contributed by atoms with Gasteiger partial charge in [0.2, 0.25) is 5.82 Å². The molecule has 1 aliphatic rings. The van der Waals surface area contributed by atoms with Gasteiger partial charge >= 0.3 is 17.6 Å². The van der Waals surface area contributed by atoms with Crippen LogP contribution in [0.4, 0.5) is 4.39 Å². The van der Waals surface area contributed by atoms with E-state index >= 15 is 0 Å². The molecule has 0 aliphatic carbocycles. The zero-order valence-corrected chi connectivity index (χ0v) is 13.0. The summed E-state index contributed by atoms with van der Waals surface area (Å²) in [5.74, 6) is -3.31. The van der Waals surface area contributed by atoms with Gasteiger partial charge in [0, 0.05) is 6.42 Å².